The van der Waals surface area contributed by atoms with Gasteiger partial charge < -0.3 is 15.2 Å². The van der Waals surface area contributed by atoms with Gasteiger partial charge in [0.2, 0.25) is 5.91 Å². The van der Waals surface area contributed by atoms with E-state index in [9.17, 15) is 9.18 Å². The number of hydrogen-bond donors (Lipinski definition) is 2. The Morgan fingerprint density at radius 3 is 2.80 bits per heavy atom. The average molecular weight is 275 g/mol. The molecule has 0 fully saturated rings. The molecule has 0 aliphatic carbocycles. The lowest BCUT2D eigenvalue weighted by Gasteiger charge is -2.07. The number of aromatic hydroxyl groups is 1. The zero-order chi connectivity index (χ0) is 14.5. The Morgan fingerprint density at radius 1 is 1.30 bits per heavy atom. The first-order chi connectivity index (χ1) is 9.58. The molecular weight excluding hydrogens is 261 g/mol. The van der Waals surface area contributed by atoms with Gasteiger partial charge in [0.15, 0.2) is 11.6 Å². The number of phenols is 1. The predicted octanol–water partition coefficient (Wildman–Crippen LogP) is 2.72. The highest BCUT2D eigenvalue weighted by molar-refractivity contribution is 5.92. The van der Waals surface area contributed by atoms with Crippen LogP contribution in [0.1, 0.15) is 5.56 Å². The SMILES string of the molecule is COc1cccc(CC(=O)Nc2ccc(O)c(F)c2)c1. The van der Waals surface area contributed by atoms with Crippen molar-refractivity contribution in [2.75, 3.05) is 12.4 Å². The average Bonchev–Trinajstić information content (AvgIpc) is 2.43. The number of halogens is 1. The second kappa shape index (κ2) is 6.06. The van der Waals surface area contributed by atoms with Gasteiger partial charge in [-0.3, -0.25) is 4.79 Å². The molecule has 2 aromatic rings. The Labute approximate surface area is 115 Å². The fraction of sp³-hybridized carbons (Fsp3) is 0.133. The standard InChI is InChI=1S/C15H14FNO3/c1-20-12-4-2-3-10(7-12)8-15(19)17-11-5-6-14(18)13(16)9-11/h2-7,9,18H,8H2,1H3,(H,17,19). The molecule has 4 nitrogen and oxygen atoms in total. The number of anilines is 1. The summed E-state index contributed by atoms with van der Waals surface area (Å²) >= 11 is 0. The van der Waals surface area contributed by atoms with Gasteiger partial charge in [0, 0.05) is 11.8 Å². The number of ether oxygens (including phenoxy) is 1. The van der Waals surface area contributed by atoms with Gasteiger partial charge >= 0.3 is 0 Å². The van der Waals surface area contributed by atoms with Gasteiger partial charge in [-0.1, -0.05) is 12.1 Å². The number of carbonyl (C=O) groups is 1. The van der Waals surface area contributed by atoms with E-state index in [-0.39, 0.29) is 12.3 Å². The molecule has 0 aliphatic rings. The second-order valence-electron chi connectivity index (χ2n) is 4.24. The number of phenolic OH excluding ortho intramolecular Hbond substituents is 1. The van der Waals surface area contributed by atoms with Gasteiger partial charge in [0.1, 0.15) is 5.75 Å². The molecule has 1 amide bonds. The molecule has 0 heterocycles. The maximum Gasteiger partial charge on any atom is 0.228 e. The van der Waals surface area contributed by atoms with Gasteiger partial charge in [-0.15, -0.1) is 0 Å². The van der Waals surface area contributed by atoms with Gasteiger partial charge in [0.05, 0.1) is 13.5 Å². The highest BCUT2D eigenvalue weighted by Crippen LogP contribution is 2.20. The summed E-state index contributed by atoms with van der Waals surface area (Å²) in [6.45, 7) is 0. The molecule has 2 rings (SSSR count). The van der Waals surface area contributed by atoms with Crippen molar-refractivity contribution in [1.29, 1.82) is 0 Å². The Morgan fingerprint density at radius 2 is 2.10 bits per heavy atom. The van der Waals surface area contributed by atoms with Crippen molar-refractivity contribution in [2.24, 2.45) is 0 Å². The quantitative estimate of drug-likeness (QED) is 0.843. The van der Waals surface area contributed by atoms with E-state index in [1.54, 1.807) is 31.4 Å². The summed E-state index contributed by atoms with van der Waals surface area (Å²) in [6.07, 6.45) is 0.152. The van der Waals surface area contributed by atoms with Crippen molar-refractivity contribution in [3.8, 4) is 11.5 Å². The van der Waals surface area contributed by atoms with E-state index < -0.39 is 11.6 Å². The van der Waals surface area contributed by atoms with E-state index in [1.165, 1.54) is 12.1 Å². The van der Waals surface area contributed by atoms with Crippen molar-refractivity contribution in [3.05, 3.63) is 53.8 Å². The zero-order valence-electron chi connectivity index (χ0n) is 10.9. The molecule has 20 heavy (non-hydrogen) atoms. The van der Waals surface area contributed by atoms with Crippen LogP contribution in [-0.2, 0) is 11.2 Å². The molecule has 0 atom stereocenters. The molecule has 0 bridgehead atoms. The summed E-state index contributed by atoms with van der Waals surface area (Å²) in [4.78, 5) is 11.8. The number of amides is 1. The molecular formula is C15H14FNO3. The lowest BCUT2D eigenvalue weighted by molar-refractivity contribution is -0.115. The van der Waals surface area contributed by atoms with Gasteiger partial charge in [-0.25, -0.2) is 4.39 Å². The Balaban J connectivity index is 2.03. The molecule has 0 saturated carbocycles. The number of rotatable bonds is 4. The van der Waals surface area contributed by atoms with E-state index >= 15 is 0 Å². The first kappa shape index (κ1) is 13.9. The van der Waals surface area contributed by atoms with Crippen LogP contribution in [0, 0.1) is 5.82 Å². The molecule has 0 spiro atoms. The molecule has 0 radical (unpaired) electrons. The lowest BCUT2D eigenvalue weighted by atomic mass is 10.1. The summed E-state index contributed by atoms with van der Waals surface area (Å²) in [5, 5.41) is 11.6. The molecule has 0 saturated heterocycles. The van der Waals surface area contributed by atoms with Crippen LogP contribution in [0.3, 0.4) is 0 Å². The molecule has 0 aromatic heterocycles. The maximum atomic E-state index is 13.1. The Hall–Kier alpha value is -2.56. The lowest BCUT2D eigenvalue weighted by Crippen LogP contribution is -2.14. The van der Waals surface area contributed by atoms with Crippen LogP contribution in [0.15, 0.2) is 42.5 Å². The monoisotopic (exact) mass is 275 g/mol. The summed E-state index contributed by atoms with van der Waals surface area (Å²) in [5.41, 5.74) is 1.09. The molecule has 2 aromatic carbocycles. The highest BCUT2D eigenvalue weighted by atomic mass is 19.1. The summed E-state index contributed by atoms with van der Waals surface area (Å²) in [5.74, 6) is -0.825. The number of carbonyl (C=O) groups excluding carboxylic acids is 1. The summed E-state index contributed by atoms with van der Waals surface area (Å²) < 4.78 is 18.2. The molecule has 0 unspecified atom stereocenters. The van der Waals surface area contributed by atoms with Crippen molar-refractivity contribution < 1.29 is 19.0 Å². The first-order valence-corrected chi connectivity index (χ1v) is 6.00. The van der Waals surface area contributed by atoms with Crippen LogP contribution in [0.4, 0.5) is 10.1 Å². The Kier molecular flexibility index (Phi) is 4.20. The fourth-order valence-corrected chi connectivity index (χ4v) is 1.76. The van der Waals surface area contributed by atoms with Crippen molar-refractivity contribution in [3.63, 3.8) is 0 Å². The van der Waals surface area contributed by atoms with Crippen LogP contribution in [0.25, 0.3) is 0 Å². The van der Waals surface area contributed by atoms with E-state index in [2.05, 4.69) is 5.32 Å². The van der Waals surface area contributed by atoms with Crippen LogP contribution in [0.2, 0.25) is 0 Å². The minimum absolute atomic E-state index is 0.152. The zero-order valence-corrected chi connectivity index (χ0v) is 10.9. The number of methoxy groups -OCH3 is 1. The van der Waals surface area contributed by atoms with Gasteiger partial charge in [-0.05, 0) is 29.8 Å². The van der Waals surface area contributed by atoms with Crippen molar-refractivity contribution in [2.45, 2.75) is 6.42 Å². The minimum atomic E-state index is -0.774. The third-order valence-electron chi connectivity index (χ3n) is 2.73. The third-order valence-corrected chi connectivity index (χ3v) is 2.73. The molecule has 0 aliphatic heterocycles. The largest absolute Gasteiger partial charge is 0.505 e. The van der Waals surface area contributed by atoms with Crippen LogP contribution >= 0.6 is 0 Å². The van der Waals surface area contributed by atoms with E-state index in [1.807, 2.05) is 0 Å². The number of nitrogens with one attached hydrogen (secondary N) is 1. The normalized spacial score (nSPS) is 10.1. The fourth-order valence-electron chi connectivity index (χ4n) is 1.76. The summed E-state index contributed by atoms with van der Waals surface area (Å²) in [7, 11) is 1.55. The van der Waals surface area contributed by atoms with Gasteiger partial charge in [-0.2, -0.15) is 0 Å². The number of hydrogen-bond acceptors (Lipinski definition) is 3. The van der Waals surface area contributed by atoms with Crippen LogP contribution in [0.5, 0.6) is 11.5 Å². The molecule has 104 valence electrons. The van der Waals surface area contributed by atoms with E-state index in [0.717, 1.165) is 11.6 Å². The topological polar surface area (TPSA) is 58.6 Å². The maximum absolute atomic E-state index is 13.1. The van der Waals surface area contributed by atoms with Crippen molar-refractivity contribution >= 4 is 11.6 Å². The van der Waals surface area contributed by atoms with Crippen LogP contribution in [-0.4, -0.2) is 18.1 Å². The van der Waals surface area contributed by atoms with Crippen molar-refractivity contribution in [1.82, 2.24) is 0 Å². The molecule has 5 heteroatoms. The smallest absolute Gasteiger partial charge is 0.228 e. The van der Waals surface area contributed by atoms with Gasteiger partial charge in [0.25, 0.3) is 0 Å². The minimum Gasteiger partial charge on any atom is -0.505 e. The predicted molar refractivity (Wildman–Crippen MR) is 73.4 cm³/mol. The first-order valence-electron chi connectivity index (χ1n) is 6.00. The van der Waals surface area contributed by atoms with E-state index in [0.29, 0.717) is 11.4 Å². The Bertz CT molecular complexity index is 628. The third kappa shape index (κ3) is 3.47. The summed E-state index contributed by atoms with van der Waals surface area (Å²) in [6, 6.07) is 10.8. The molecule has 2 N–H and O–H groups in total. The number of benzene rings is 2. The van der Waals surface area contributed by atoms with E-state index in [4.69, 9.17) is 9.84 Å². The highest BCUT2D eigenvalue weighted by Gasteiger charge is 2.07. The second-order valence-corrected chi connectivity index (χ2v) is 4.24. The van der Waals surface area contributed by atoms with Crippen LogP contribution < -0.4 is 10.1 Å².